The van der Waals surface area contributed by atoms with Crippen LogP contribution in [0.4, 0.5) is 0 Å². The predicted molar refractivity (Wildman–Crippen MR) is 70.8 cm³/mol. The molecule has 1 aromatic heterocycles. The minimum atomic E-state index is 0.500. The molecule has 0 N–H and O–H groups in total. The Hall–Kier alpha value is -1.80. The Kier molecular flexibility index (Phi) is 2.37. The molecule has 2 nitrogen and oxygen atoms in total. The fraction of sp³-hybridized carbons (Fsp3) is 0.0714. The molecule has 0 bridgehead atoms. The number of halogens is 1. The molecule has 1 heterocycles. The molecule has 3 aromatic rings. The van der Waals surface area contributed by atoms with Crippen LogP contribution in [0.25, 0.3) is 16.7 Å². The minimum absolute atomic E-state index is 0.500. The number of imidazole rings is 1. The van der Waals surface area contributed by atoms with Crippen molar-refractivity contribution in [3.05, 3.63) is 59.4 Å². The maximum atomic E-state index is 6.23. The second kappa shape index (κ2) is 3.90. The summed E-state index contributed by atoms with van der Waals surface area (Å²) in [4.78, 5) is 4.36. The van der Waals surface area contributed by atoms with Crippen molar-refractivity contribution in [2.45, 2.75) is 6.92 Å². The van der Waals surface area contributed by atoms with Gasteiger partial charge in [0.25, 0.3) is 0 Å². The van der Waals surface area contributed by atoms with E-state index in [1.165, 1.54) is 5.56 Å². The molecule has 0 amide bonds. The molecule has 0 atom stereocenters. The Morgan fingerprint density at radius 3 is 2.53 bits per heavy atom. The third-order valence-corrected chi connectivity index (χ3v) is 3.13. The highest BCUT2D eigenvalue weighted by molar-refractivity contribution is 6.29. The zero-order valence-electron chi connectivity index (χ0n) is 9.39. The van der Waals surface area contributed by atoms with Gasteiger partial charge in [-0.1, -0.05) is 30.3 Å². The van der Waals surface area contributed by atoms with E-state index in [1.807, 2.05) is 41.0 Å². The number of hydrogen-bond acceptors (Lipinski definition) is 1. The highest BCUT2D eigenvalue weighted by Crippen LogP contribution is 2.25. The summed E-state index contributed by atoms with van der Waals surface area (Å²) in [5.74, 6) is 0. The van der Waals surface area contributed by atoms with E-state index in [4.69, 9.17) is 11.6 Å². The van der Waals surface area contributed by atoms with E-state index in [2.05, 4.69) is 24.0 Å². The van der Waals surface area contributed by atoms with Gasteiger partial charge in [-0.05, 0) is 42.3 Å². The zero-order valence-corrected chi connectivity index (χ0v) is 10.1. The fourth-order valence-electron chi connectivity index (χ4n) is 2.04. The van der Waals surface area contributed by atoms with E-state index in [0.717, 1.165) is 16.7 Å². The minimum Gasteiger partial charge on any atom is -0.283 e. The molecule has 0 radical (unpaired) electrons. The average molecular weight is 243 g/mol. The van der Waals surface area contributed by atoms with Crippen molar-refractivity contribution in [3.63, 3.8) is 0 Å². The summed E-state index contributed by atoms with van der Waals surface area (Å²) in [6, 6.07) is 16.1. The first kappa shape index (κ1) is 10.4. The quantitative estimate of drug-likeness (QED) is 0.631. The molecular weight excluding hydrogens is 232 g/mol. The fourth-order valence-corrected chi connectivity index (χ4v) is 2.31. The molecule has 3 heteroatoms. The summed E-state index contributed by atoms with van der Waals surface area (Å²) in [6.45, 7) is 2.07. The van der Waals surface area contributed by atoms with Crippen LogP contribution in [0.3, 0.4) is 0 Å². The van der Waals surface area contributed by atoms with Gasteiger partial charge in [-0.25, -0.2) is 4.98 Å². The van der Waals surface area contributed by atoms with Crippen molar-refractivity contribution < 1.29 is 0 Å². The van der Waals surface area contributed by atoms with Gasteiger partial charge in [0.15, 0.2) is 0 Å². The second-order valence-electron chi connectivity index (χ2n) is 3.99. The smallest absolute Gasteiger partial charge is 0.208 e. The molecule has 84 valence electrons. The molecule has 0 fully saturated rings. The van der Waals surface area contributed by atoms with Crippen LogP contribution in [0.2, 0.25) is 5.28 Å². The van der Waals surface area contributed by atoms with E-state index >= 15 is 0 Å². The first-order valence-electron chi connectivity index (χ1n) is 5.46. The van der Waals surface area contributed by atoms with Gasteiger partial charge in [0.05, 0.1) is 16.7 Å². The van der Waals surface area contributed by atoms with Crippen molar-refractivity contribution in [3.8, 4) is 5.69 Å². The normalized spacial score (nSPS) is 10.9. The van der Waals surface area contributed by atoms with Gasteiger partial charge in [0.2, 0.25) is 5.28 Å². The van der Waals surface area contributed by atoms with Crippen molar-refractivity contribution in [1.82, 2.24) is 9.55 Å². The molecule has 0 aliphatic carbocycles. The van der Waals surface area contributed by atoms with Crippen LogP contribution < -0.4 is 0 Å². The Morgan fingerprint density at radius 1 is 1.00 bits per heavy atom. The van der Waals surface area contributed by atoms with Crippen LogP contribution in [0, 0.1) is 6.92 Å². The van der Waals surface area contributed by atoms with Gasteiger partial charge in [-0.15, -0.1) is 0 Å². The summed E-state index contributed by atoms with van der Waals surface area (Å²) in [5.41, 5.74) is 4.20. The van der Waals surface area contributed by atoms with Gasteiger partial charge in [-0.2, -0.15) is 0 Å². The van der Waals surface area contributed by atoms with Crippen LogP contribution in [0.1, 0.15) is 5.56 Å². The molecule has 3 rings (SSSR count). The van der Waals surface area contributed by atoms with E-state index in [0.29, 0.717) is 5.28 Å². The van der Waals surface area contributed by atoms with E-state index in [-0.39, 0.29) is 0 Å². The molecule has 0 saturated heterocycles. The maximum absolute atomic E-state index is 6.23. The molecule has 0 saturated carbocycles. The van der Waals surface area contributed by atoms with Crippen molar-refractivity contribution in [2.75, 3.05) is 0 Å². The van der Waals surface area contributed by atoms with E-state index < -0.39 is 0 Å². The summed E-state index contributed by atoms with van der Waals surface area (Å²) in [6.07, 6.45) is 0. The van der Waals surface area contributed by atoms with Gasteiger partial charge >= 0.3 is 0 Å². The summed E-state index contributed by atoms with van der Waals surface area (Å²) < 4.78 is 1.98. The van der Waals surface area contributed by atoms with Crippen molar-refractivity contribution in [1.29, 1.82) is 0 Å². The summed E-state index contributed by atoms with van der Waals surface area (Å²) in [7, 11) is 0. The molecule has 0 aliphatic heterocycles. The van der Waals surface area contributed by atoms with Gasteiger partial charge in [-0.3, -0.25) is 4.57 Å². The third kappa shape index (κ3) is 1.61. The lowest BCUT2D eigenvalue weighted by atomic mass is 10.2. The second-order valence-corrected chi connectivity index (χ2v) is 4.33. The summed E-state index contributed by atoms with van der Waals surface area (Å²) in [5, 5.41) is 0.500. The number of aryl methyl sites for hydroxylation is 1. The van der Waals surface area contributed by atoms with Crippen LogP contribution in [-0.4, -0.2) is 9.55 Å². The molecule has 0 spiro atoms. The third-order valence-electron chi connectivity index (χ3n) is 2.88. The Labute approximate surface area is 104 Å². The first-order valence-corrected chi connectivity index (χ1v) is 5.84. The lowest BCUT2D eigenvalue weighted by Crippen LogP contribution is -1.96. The number of aromatic nitrogens is 2. The Morgan fingerprint density at radius 2 is 1.71 bits per heavy atom. The first-order chi connectivity index (χ1) is 8.27. The summed E-state index contributed by atoms with van der Waals surface area (Å²) >= 11 is 6.23. The SMILES string of the molecule is Cc1ccccc1-n1c(Cl)nc2ccccc21. The highest BCUT2D eigenvalue weighted by atomic mass is 35.5. The average Bonchev–Trinajstić information content (AvgIpc) is 2.66. The Balaban J connectivity index is 2.38. The predicted octanol–water partition coefficient (Wildman–Crippen LogP) is 3.99. The van der Waals surface area contributed by atoms with Crippen LogP contribution >= 0.6 is 11.6 Å². The van der Waals surface area contributed by atoms with Crippen LogP contribution in [0.5, 0.6) is 0 Å². The maximum Gasteiger partial charge on any atom is 0.208 e. The molecular formula is C14H11ClN2. The van der Waals surface area contributed by atoms with Gasteiger partial charge < -0.3 is 0 Å². The largest absolute Gasteiger partial charge is 0.283 e. The highest BCUT2D eigenvalue weighted by Gasteiger charge is 2.11. The molecule has 0 unspecified atom stereocenters. The standard InChI is InChI=1S/C14H11ClN2/c1-10-6-2-4-8-12(10)17-13-9-5-3-7-11(13)16-14(17)15/h2-9H,1H3. The number of nitrogens with zero attached hydrogens (tertiary/aromatic N) is 2. The lowest BCUT2D eigenvalue weighted by molar-refractivity contribution is 1.07. The lowest BCUT2D eigenvalue weighted by Gasteiger charge is -2.08. The monoisotopic (exact) mass is 242 g/mol. The molecule has 0 aliphatic rings. The van der Waals surface area contributed by atoms with Crippen LogP contribution in [-0.2, 0) is 0 Å². The molecule has 17 heavy (non-hydrogen) atoms. The number of hydrogen-bond donors (Lipinski definition) is 0. The topological polar surface area (TPSA) is 17.8 Å². The van der Waals surface area contributed by atoms with Gasteiger partial charge in [0, 0.05) is 0 Å². The number of fused-ring (bicyclic) bond motifs is 1. The van der Waals surface area contributed by atoms with Gasteiger partial charge in [0.1, 0.15) is 0 Å². The molecule has 2 aromatic carbocycles. The van der Waals surface area contributed by atoms with E-state index in [1.54, 1.807) is 0 Å². The number of rotatable bonds is 1. The van der Waals surface area contributed by atoms with Crippen LogP contribution in [0.15, 0.2) is 48.5 Å². The van der Waals surface area contributed by atoms with Crippen molar-refractivity contribution in [2.24, 2.45) is 0 Å². The van der Waals surface area contributed by atoms with Crippen molar-refractivity contribution >= 4 is 22.6 Å². The Bertz CT molecular complexity index is 686. The number of benzene rings is 2. The number of para-hydroxylation sites is 3. The van der Waals surface area contributed by atoms with E-state index in [9.17, 15) is 0 Å². The zero-order chi connectivity index (χ0) is 11.8.